The minimum atomic E-state index is -3.76. The Kier molecular flexibility index (Phi) is 4.87. The number of nitrogens with one attached hydrogen (secondary N) is 1. The van der Waals surface area contributed by atoms with Crippen LogP contribution in [0.3, 0.4) is 0 Å². The molecule has 1 fully saturated rings. The Bertz CT molecular complexity index is 864. The highest BCUT2D eigenvalue weighted by Crippen LogP contribution is 2.25. The van der Waals surface area contributed by atoms with Crippen molar-refractivity contribution in [2.75, 3.05) is 18.4 Å². The monoisotopic (exact) mass is 367 g/mol. The summed E-state index contributed by atoms with van der Waals surface area (Å²) in [5.74, 6) is -0.947. The molecular formula is C16H18FN3O4S. The van der Waals surface area contributed by atoms with E-state index >= 15 is 0 Å². The number of aromatic nitrogens is 1. The van der Waals surface area contributed by atoms with Crippen LogP contribution in [0.1, 0.15) is 18.4 Å². The van der Waals surface area contributed by atoms with E-state index in [9.17, 15) is 17.6 Å². The van der Waals surface area contributed by atoms with Crippen molar-refractivity contribution in [1.82, 2.24) is 9.46 Å². The fourth-order valence-electron chi connectivity index (χ4n) is 2.76. The van der Waals surface area contributed by atoms with Crippen molar-refractivity contribution in [1.29, 1.82) is 0 Å². The molecule has 1 aromatic carbocycles. The topological polar surface area (TPSA) is 92.5 Å². The minimum absolute atomic E-state index is 0.0160. The highest BCUT2D eigenvalue weighted by atomic mass is 32.2. The third-order valence-corrected chi connectivity index (χ3v) is 6.07. The van der Waals surface area contributed by atoms with Crippen LogP contribution in [0.15, 0.2) is 39.9 Å². The van der Waals surface area contributed by atoms with Crippen molar-refractivity contribution in [3.63, 3.8) is 0 Å². The first-order valence-electron chi connectivity index (χ1n) is 7.85. The van der Waals surface area contributed by atoms with Crippen LogP contribution in [0.5, 0.6) is 0 Å². The van der Waals surface area contributed by atoms with Gasteiger partial charge in [-0.25, -0.2) is 12.8 Å². The van der Waals surface area contributed by atoms with Crippen LogP contribution in [0.2, 0.25) is 0 Å². The molecule has 7 nitrogen and oxygen atoms in total. The van der Waals surface area contributed by atoms with Gasteiger partial charge in [-0.05, 0) is 44.0 Å². The average molecular weight is 367 g/mol. The van der Waals surface area contributed by atoms with E-state index in [1.165, 1.54) is 22.7 Å². The van der Waals surface area contributed by atoms with Crippen molar-refractivity contribution >= 4 is 21.7 Å². The first-order valence-corrected chi connectivity index (χ1v) is 9.29. The Morgan fingerprint density at radius 1 is 1.36 bits per heavy atom. The van der Waals surface area contributed by atoms with Gasteiger partial charge in [0.2, 0.25) is 15.9 Å². The van der Waals surface area contributed by atoms with Gasteiger partial charge in [0.25, 0.3) is 0 Å². The molecule has 1 aliphatic rings. The zero-order valence-electron chi connectivity index (χ0n) is 13.6. The van der Waals surface area contributed by atoms with Gasteiger partial charge in [0.05, 0.1) is 10.8 Å². The van der Waals surface area contributed by atoms with E-state index in [4.69, 9.17) is 4.52 Å². The van der Waals surface area contributed by atoms with E-state index < -0.39 is 21.8 Å². The zero-order valence-corrected chi connectivity index (χ0v) is 14.4. The van der Waals surface area contributed by atoms with Gasteiger partial charge in [-0.3, -0.25) is 4.79 Å². The normalized spacial score (nSPS) is 18.9. The van der Waals surface area contributed by atoms with Crippen LogP contribution in [0.25, 0.3) is 0 Å². The molecule has 2 aromatic rings. The fraction of sp³-hybridized carbons (Fsp3) is 0.375. The summed E-state index contributed by atoms with van der Waals surface area (Å²) < 4.78 is 44.4. The predicted octanol–water partition coefficient (Wildman–Crippen LogP) is 2.16. The second kappa shape index (κ2) is 6.93. The summed E-state index contributed by atoms with van der Waals surface area (Å²) in [6, 6.07) is 4.67. The van der Waals surface area contributed by atoms with Crippen molar-refractivity contribution in [2.45, 2.75) is 24.7 Å². The summed E-state index contributed by atoms with van der Waals surface area (Å²) in [6.07, 6.45) is 2.57. The molecule has 1 unspecified atom stereocenters. The lowest BCUT2D eigenvalue weighted by Gasteiger charge is -2.31. The highest BCUT2D eigenvalue weighted by molar-refractivity contribution is 7.89. The van der Waals surface area contributed by atoms with E-state index in [2.05, 4.69) is 10.5 Å². The minimum Gasteiger partial charge on any atom is -0.362 e. The predicted molar refractivity (Wildman–Crippen MR) is 87.8 cm³/mol. The molecule has 1 saturated heterocycles. The molecule has 1 aromatic heterocycles. The molecule has 1 aliphatic heterocycles. The van der Waals surface area contributed by atoms with Crippen LogP contribution in [0, 0.1) is 18.7 Å². The number of rotatable bonds is 4. The lowest BCUT2D eigenvalue weighted by molar-refractivity contribution is -0.120. The fourth-order valence-corrected chi connectivity index (χ4v) is 4.28. The van der Waals surface area contributed by atoms with Crippen LogP contribution >= 0.6 is 0 Å². The lowest BCUT2D eigenvalue weighted by atomic mass is 9.99. The number of hydrogen-bond donors (Lipinski definition) is 1. The van der Waals surface area contributed by atoms with Gasteiger partial charge in [-0.2, -0.15) is 4.31 Å². The third-order valence-electron chi connectivity index (χ3n) is 4.19. The van der Waals surface area contributed by atoms with Crippen molar-refractivity contribution in [3.05, 3.63) is 41.9 Å². The molecule has 25 heavy (non-hydrogen) atoms. The Hall–Kier alpha value is -2.26. The summed E-state index contributed by atoms with van der Waals surface area (Å²) in [6.45, 7) is 2.15. The Morgan fingerprint density at radius 3 is 2.72 bits per heavy atom. The largest absolute Gasteiger partial charge is 0.362 e. The Labute approximate surface area is 144 Å². The Balaban J connectivity index is 1.73. The molecule has 1 N–H and O–H groups in total. The molecule has 9 heteroatoms. The second-order valence-corrected chi connectivity index (χ2v) is 7.93. The van der Waals surface area contributed by atoms with Crippen molar-refractivity contribution in [3.8, 4) is 0 Å². The van der Waals surface area contributed by atoms with Gasteiger partial charge in [0.15, 0.2) is 5.82 Å². The van der Waals surface area contributed by atoms with Crippen molar-refractivity contribution < 1.29 is 22.1 Å². The first-order chi connectivity index (χ1) is 11.9. The number of halogens is 1. The van der Waals surface area contributed by atoms with E-state index in [0.29, 0.717) is 30.8 Å². The molecule has 0 bridgehead atoms. The number of carbonyl (C=O) groups excluding carboxylic acids is 1. The van der Waals surface area contributed by atoms with Gasteiger partial charge < -0.3 is 9.84 Å². The molecule has 1 atom stereocenters. The molecule has 0 spiro atoms. The maximum Gasteiger partial charge on any atom is 0.243 e. The SMILES string of the molecule is Cc1conc1NC(=O)C1CCCN(S(=O)(=O)c2ccc(F)cc2)C1. The molecule has 0 radical (unpaired) electrons. The zero-order chi connectivity index (χ0) is 18.0. The first kappa shape index (κ1) is 17.6. The van der Waals surface area contributed by atoms with Gasteiger partial charge >= 0.3 is 0 Å². The third kappa shape index (κ3) is 3.72. The second-order valence-electron chi connectivity index (χ2n) is 5.99. The number of hydrogen-bond acceptors (Lipinski definition) is 5. The standard InChI is InChI=1S/C16H18FN3O4S/c1-11-10-24-19-15(11)18-16(21)12-3-2-8-20(9-12)25(22,23)14-6-4-13(17)5-7-14/h4-7,10,12H,2-3,8-9H2,1H3,(H,18,19,21). The van der Waals surface area contributed by atoms with Crippen LogP contribution < -0.4 is 5.32 Å². The summed E-state index contributed by atoms with van der Waals surface area (Å²) in [5, 5.41) is 6.36. The molecule has 0 saturated carbocycles. The summed E-state index contributed by atoms with van der Waals surface area (Å²) >= 11 is 0. The maximum atomic E-state index is 13.0. The van der Waals surface area contributed by atoms with Gasteiger partial charge in [-0.1, -0.05) is 5.16 Å². The smallest absolute Gasteiger partial charge is 0.243 e. The average Bonchev–Trinajstić information content (AvgIpc) is 3.00. The molecule has 134 valence electrons. The van der Waals surface area contributed by atoms with Gasteiger partial charge in [0, 0.05) is 18.7 Å². The van der Waals surface area contributed by atoms with E-state index in [1.807, 2.05) is 0 Å². The van der Waals surface area contributed by atoms with Gasteiger partial charge in [0.1, 0.15) is 12.1 Å². The molecule has 0 aliphatic carbocycles. The van der Waals surface area contributed by atoms with Gasteiger partial charge in [-0.15, -0.1) is 0 Å². The summed E-state index contributed by atoms with van der Waals surface area (Å²) in [5.41, 5.74) is 0.694. The number of benzene rings is 1. The number of sulfonamides is 1. The van der Waals surface area contributed by atoms with E-state index in [1.54, 1.807) is 6.92 Å². The molecular weight excluding hydrogens is 349 g/mol. The van der Waals surface area contributed by atoms with Crippen LogP contribution in [-0.4, -0.2) is 36.9 Å². The Morgan fingerprint density at radius 2 is 2.08 bits per heavy atom. The maximum absolute atomic E-state index is 13.0. The molecule has 1 amide bonds. The molecule has 2 heterocycles. The van der Waals surface area contributed by atoms with Crippen LogP contribution in [0.4, 0.5) is 10.2 Å². The van der Waals surface area contributed by atoms with Crippen molar-refractivity contribution in [2.24, 2.45) is 5.92 Å². The quantitative estimate of drug-likeness (QED) is 0.894. The summed E-state index contributed by atoms with van der Waals surface area (Å²) in [4.78, 5) is 12.4. The number of anilines is 1. The highest BCUT2D eigenvalue weighted by Gasteiger charge is 2.33. The number of carbonyl (C=O) groups is 1. The number of amides is 1. The number of nitrogens with zero attached hydrogens (tertiary/aromatic N) is 2. The lowest BCUT2D eigenvalue weighted by Crippen LogP contribution is -2.43. The van der Waals surface area contributed by atoms with E-state index in [-0.39, 0.29) is 17.3 Å². The van der Waals surface area contributed by atoms with E-state index in [0.717, 1.165) is 12.1 Å². The number of aryl methyl sites for hydroxylation is 1. The summed E-state index contributed by atoms with van der Waals surface area (Å²) in [7, 11) is -3.76. The van der Waals surface area contributed by atoms with Crippen LogP contribution in [-0.2, 0) is 14.8 Å². The number of piperidine rings is 1. The molecule has 3 rings (SSSR count).